The Kier molecular flexibility index (Phi) is 6.72. The second-order valence-electron chi connectivity index (χ2n) is 12.5. The largest absolute Gasteiger partial charge is 0.444 e. The number of carbonyl (C=O) groups is 2. The molecule has 5 atom stereocenters. The number of amides is 2. The van der Waals surface area contributed by atoms with Crippen molar-refractivity contribution in [2.45, 2.75) is 95.4 Å². The van der Waals surface area contributed by atoms with Gasteiger partial charge < -0.3 is 14.5 Å². The Morgan fingerprint density at radius 3 is 2.45 bits per heavy atom. The maximum Gasteiger partial charge on any atom is 0.410 e. The fourth-order valence-electron chi connectivity index (χ4n) is 6.63. The van der Waals surface area contributed by atoms with E-state index in [-0.39, 0.29) is 42.0 Å². The summed E-state index contributed by atoms with van der Waals surface area (Å²) in [6.45, 7) is 7.57. The summed E-state index contributed by atoms with van der Waals surface area (Å²) >= 11 is 6.79. The molecule has 2 aliphatic heterocycles. The minimum absolute atomic E-state index is 0.0422. The topological polar surface area (TPSA) is 88.5 Å². The summed E-state index contributed by atoms with van der Waals surface area (Å²) in [4.78, 5) is 43.8. The van der Waals surface area contributed by atoms with E-state index in [9.17, 15) is 9.59 Å². The smallest absolute Gasteiger partial charge is 0.410 e. The Morgan fingerprint density at radius 2 is 1.77 bits per heavy atom. The van der Waals surface area contributed by atoms with Gasteiger partial charge >= 0.3 is 6.09 Å². The van der Waals surface area contributed by atoms with Gasteiger partial charge in [0, 0.05) is 53.3 Å². The van der Waals surface area contributed by atoms with E-state index in [1.165, 1.54) is 0 Å². The number of hydrogen-bond donors (Lipinski definition) is 0. The second kappa shape index (κ2) is 9.98. The van der Waals surface area contributed by atoms with Crippen molar-refractivity contribution in [2.75, 3.05) is 7.05 Å². The van der Waals surface area contributed by atoms with E-state index in [1.54, 1.807) is 12.3 Å². The summed E-state index contributed by atoms with van der Waals surface area (Å²) < 4.78 is 5.66. The number of aryl methyl sites for hydroxylation is 1. The first kappa shape index (κ1) is 26.9. The summed E-state index contributed by atoms with van der Waals surface area (Å²) in [5.74, 6) is 1.17. The van der Waals surface area contributed by atoms with Gasteiger partial charge in [-0.1, -0.05) is 17.7 Å². The Balaban J connectivity index is 1.14. The van der Waals surface area contributed by atoms with Gasteiger partial charge in [-0.05, 0) is 95.5 Å². The average Bonchev–Trinajstić information content (AvgIpc) is 3.64. The molecule has 3 aromatic rings. The molecule has 9 heteroatoms. The molecule has 2 saturated heterocycles. The third kappa shape index (κ3) is 5.02. The van der Waals surface area contributed by atoms with Gasteiger partial charge in [-0.2, -0.15) is 0 Å². The van der Waals surface area contributed by atoms with Crippen LogP contribution in [-0.4, -0.2) is 67.5 Å². The highest BCUT2D eigenvalue weighted by molar-refractivity contribution is 6.31. The third-order valence-corrected chi connectivity index (χ3v) is 8.91. The first-order chi connectivity index (χ1) is 19.0. The number of piperidine rings is 1. The number of carbonyl (C=O) groups excluding carboxylic acids is 2. The lowest BCUT2D eigenvalue weighted by Gasteiger charge is -2.42. The van der Waals surface area contributed by atoms with Crippen molar-refractivity contribution >= 4 is 34.6 Å². The summed E-state index contributed by atoms with van der Waals surface area (Å²) in [6.07, 6.45) is 5.87. The number of fused-ring (bicyclic) bond motifs is 3. The molecule has 210 valence electrons. The predicted octanol–water partition coefficient (Wildman–Crippen LogP) is 6.26. The first-order valence-electron chi connectivity index (χ1n) is 14.2. The molecule has 3 fully saturated rings. The van der Waals surface area contributed by atoms with Crippen LogP contribution in [0.25, 0.3) is 11.0 Å². The molecule has 1 aliphatic carbocycles. The third-order valence-electron chi connectivity index (χ3n) is 8.58. The van der Waals surface area contributed by atoms with Crippen LogP contribution in [0.1, 0.15) is 92.2 Å². The molecule has 0 spiro atoms. The van der Waals surface area contributed by atoms with Gasteiger partial charge in [0.2, 0.25) is 0 Å². The van der Waals surface area contributed by atoms with Crippen LogP contribution in [-0.2, 0) is 4.74 Å². The van der Waals surface area contributed by atoms with Gasteiger partial charge in [0.05, 0.1) is 5.69 Å². The maximum absolute atomic E-state index is 13.5. The van der Waals surface area contributed by atoms with Crippen molar-refractivity contribution in [1.82, 2.24) is 24.8 Å². The van der Waals surface area contributed by atoms with Gasteiger partial charge in [-0.15, -0.1) is 0 Å². The van der Waals surface area contributed by atoms with Crippen molar-refractivity contribution in [3.05, 3.63) is 64.2 Å². The SMILES string of the molecule is Cc1nc(C2CC2c2ccc(C(=O)N(C)C3C[C@H]4CC[C@@H](C3)N4C(=O)OC(C)(C)C)cc2Cl)c2cccnc2n1. The Bertz CT molecular complexity index is 1470. The normalized spacial score (nSPS) is 25.6. The molecule has 1 saturated carbocycles. The summed E-state index contributed by atoms with van der Waals surface area (Å²) in [6, 6.07) is 9.90. The number of rotatable bonds is 4. The number of benzene rings is 1. The number of halogens is 1. The van der Waals surface area contributed by atoms with E-state index in [0.29, 0.717) is 16.4 Å². The van der Waals surface area contributed by atoms with Crippen molar-refractivity contribution in [3.8, 4) is 0 Å². The van der Waals surface area contributed by atoms with E-state index in [0.717, 1.165) is 54.4 Å². The lowest BCUT2D eigenvalue weighted by Crippen LogP contribution is -2.53. The van der Waals surface area contributed by atoms with Gasteiger partial charge in [0.25, 0.3) is 5.91 Å². The van der Waals surface area contributed by atoms with Crippen molar-refractivity contribution in [3.63, 3.8) is 0 Å². The highest BCUT2D eigenvalue weighted by Gasteiger charge is 2.47. The minimum atomic E-state index is -0.523. The lowest BCUT2D eigenvalue weighted by atomic mass is 9.95. The lowest BCUT2D eigenvalue weighted by molar-refractivity contribution is -0.00112. The predicted molar refractivity (Wildman–Crippen MR) is 154 cm³/mol. The van der Waals surface area contributed by atoms with Crippen LogP contribution < -0.4 is 0 Å². The first-order valence-corrected chi connectivity index (χ1v) is 14.5. The molecule has 3 aliphatic rings. The quantitative estimate of drug-likeness (QED) is 0.373. The van der Waals surface area contributed by atoms with Crippen LogP contribution >= 0.6 is 11.6 Å². The van der Waals surface area contributed by atoms with E-state index in [4.69, 9.17) is 21.3 Å². The van der Waals surface area contributed by atoms with Crippen LogP contribution in [0.4, 0.5) is 4.79 Å². The van der Waals surface area contributed by atoms with E-state index in [1.807, 2.05) is 68.8 Å². The molecule has 0 N–H and O–H groups in total. The number of hydrogen-bond acceptors (Lipinski definition) is 6. The Hall–Kier alpha value is -3.26. The minimum Gasteiger partial charge on any atom is -0.444 e. The highest BCUT2D eigenvalue weighted by Crippen LogP contribution is 2.56. The molecule has 6 rings (SSSR count). The molecular weight excluding hydrogens is 526 g/mol. The summed E-state index contributed by atoms with van der Waals surface area (Å²) in [5.41, 5.74) is 2.84. The van der Waals surface area contributed by atoms with Gasteiger partial charge in [-0.25, -0.2) is 19.7 Å². The number of aromatic nitrogens is 3. The van der Waals surface area contributed by atoms with Crippen LogP contribution in [0.2, 0.25) is 5.02 Å². The molecule has 2 aromatic heterocycles. The zero-order valence-corrected chi connectivity index (χ0v) is 24.5. The fraction of sp³-hybridized carbons (Fsp3) is 0.516. The van der Waals surface area contributed by atoms with Crippen molar-refractivity contribution in [1.29, 1.82) is 0 Å². The molecule has 2 amide bonds. The van der Waals surface area contributed by atoms with Crippen molar-refractivity contribution in [2.24, 2.45) is 0 Å². The number of ether oxygens (including phenoxy) is 1. The van der Waals surface area contributed by atoms with Crippen LogP contribution in [0.15, 0.2) is 36.5 Å². The Labute approximate surface area is 240 Å². The number of nitrogens with zero attached hydrogens (tertiary/aromatic N) is 5. The molecular formula is C31H36ClN5O3. The summed E-state index contributed by atoms with van der Waals surface area (Å²) in [5, 5.41) is 1.59. The number of pyridine rings is 1. The molecule has 3 unspecified atom stereocenters. The monoisotopic (exact) mass is 561 g/mol. The van der Waals surface area contributed by atoms with Crippen LogP contribution in [0.3, 0.4) is 0 Å². The molecule has 2 bridgehead atoms. The van der Waals surface area contributed by atoms with Gasteiger partial charge in [0.1, 0.15) is 11.4 Å². The molecule has 40 heavy (non-hydrogen) atoms. The molecule has 0 radical (unpaired) electrons. The zero-order chi connectivity index (χ0) is 28.3. The zero-order valence-electron chi connectivity index (χ0n) is 23.7. The highest BCUT2D eigenvalue weighted by atomic mass is 35.5. The molecule has 8 nitrogen and oxygen atoms in total. The fourth-order valence-corrected chi connectivity index (χ4v) is 6.95. The maximum atomic E-state index is 13.5. The van der Waals surface area contributed by atoms with E-state index >= 15 is 0 Å². The molecule has 4 heterocycles. The van der Waals surface area contributed by atoms with E-state index in [2.05, 4.69) is 9.97 Å². The van der Waals surface area contributed by atoms with Gasteiger partial charge in [-0.3, -0.25) is 4.79 Å². The summed E-state index contributed by atoms with van der Waals surface area (Å²) in [7, 11) is 1.87. The van der Waals surface area contributed by atoms with Crippen molar-refractivity contribution < 1.29 is 14.3 Å². The second-order valence-corrected chi connectivity index (χ2v) is 12.9. The Morgan fingerprint density at radius 1 is 1.05 bits per heavy atom. The average molecular weight is 562 g/mol. The van der Waals surface area contributed by atoms with Gasteiger partial charge in [0.15, 0.2) is 5.65 Å². The molecule has 1 aromatic carbocycles. The van der Waals surface area contributed by atoms with Crippen LogP contribution in [0, 0.1) is 6.92 Å². The standard InChI is InChI=1S/C31H36ClN5O3/c1-17-34-27(23-7-6-12-33-28(23)35-17)25-16-24(25)22-11-8-18(13-26(22)32)29(38)36(5)21-14-19-9-10-20(15-21)37(19)30(39)40-31(2,3)4/h6-8,11-13,19-21,24-25H,9-10,14-16H2,1-5H3/t19-,20+,21?,24?,25?. The van der Waals surface area contributed by atoms with E-state index < -0.39 is 5.60 Å². The van der Waals surface area contributed by atoms with Crippen LogP contribution in [0.5, 0.6) is 0 Å².